The van der Waals surface area contributed by atoms with E-state index in [1.165, 1.54) is 7.11 Å². The Hall–Kier alpha value is -2.53. The Bertz CT molecular complexity index is 776. The number of benzene rings is 2. The van der Waals surface area contributed by atoms with Gasteiger partial charge in [0, 0.05) is 10.6 Å². The zero-order valence-corrected chi connectivity index (χ0v) is 15.1. The number of carbonyl (C=O) groups excluding carboxylic acids is 2. The van der Waals surface area contributed by atoms with E-state index in [1.54, 1.807) is 49.6 Å². The Morgan fingerprint density at radius 1 is 1.16 bits per heavy atom. The molecule has 0 radical (unpaired) electrons. The number of hydrogen-bond donors (Lipinski definition) is 1. The lowest BCUT2D eigenvalue weighted by Gasteiger charge is -2.19. The first-order valence-corrected chi connectivity index (χ1v) is 8.10. The maximum Gasteiger partial charge on any atom is 0.307 e. The monoisotopic (exact) mass is 361 g/mol. The topological polar surface area (TPSA) is 64.6 Å². The first-order valence-electron chi connectivity index (χ1n) is 7.73. The molecule has 6 heteroatoms. The van der Waals surface area contributed by atoms with Gasteiger partial charge in [0.1, 0.15) is 5.75 Å². The zero-order valence-electron chi connectivity index (χ0n) is 14.3. The molecule has 25 heavy (non-hydrogen) atoms. The lowest BCUT2D eigenvalue weighted by atomic mass is 10.0. The first kappa shape index (κ1) is 18.8. The fourth-order valence-corrected chi connectivity index (χ4v) is 2.72. The van der Waals surface area contributed by atoms with Crippen molar-refractivity contribution in [1.82, 2.24) is 5.32 Å². The van der Waals surface area contributed by atoms with E-state index >= 15 is 0 Å². The minimum atomic E-state index is -0.596. The molecule has 5 nitrogen and oxygen atoms in total. The van der Waals surface area contributed by atoms with E-state index in [0.717, 1.165) is 5.56 Å². The van der Waals surface area contributed by atoms with Crippen molar-refractivity contribution in [3.63, 3.8) is 0 Å². The lowest BCUT2D eigenvalue weighted by Crippen LogP contribution is -2.30. The van der Waals surface area contributed by atoms with E-state index in [-0.39, 0.29) is 12.3 Å². The largest absolute Gasteiger partial charge is 0.496 e. The SMILES string of the molecule is COC(=O)CC(NC(=O)c1ccc(C)c(OC)c1)c1ccccc1Cl. The van der Waals surface area contributed by atoms with Gasteiger partial charge in [0.15, 0.2) is 0 Å². The molecule has 132 valence electrons. The van der Waals surface area contributed by atoms with Crippen LogP contribution in [0, 0.1) is 6.92 Å². The molecule has 0 fully saturated rings. The van der Waals surface area contributed by atoms with Crippen LogP contribution >= 0.6 is 11.6 Å². The van der Waals surface area contributed by atoms with Crippen LogP contribution in [0.1, 0.15) is 33.9 Å². The number of nitrogens with one attached hydrogen (secondary N) is 1. The highest BCUT2D eigenvalue weighted by atomic mass is 35.5. The number of hydrogen-bond acceptors (Lipinski definition) is 4. The van der Waals surface area contributed by atoms with Crippen LogP contribution in [0.5, 0.6) is 5.75 Å². The molecule has 1 amide bonds. The molecular formula is C19H20ClNO4. The standard InChI is InChI=1S/C19H20ClNO4/c1-12-8-9-13(10-17(12)24-2)19(23)21-16(11-18(22)25-3)14-6-4-5-7-15(14)20/h4-10,16H,11H2,1-3H3,(H,21,23). The Balaban J connectivity index is 2.28. The van der Waals surface area contributed by atoms with E-state index in [2.05, 4.69) is 5.32 Å². The average molecular weight is 362 g/mol. The highest BCUT2D eigenvalue weighted by Gasteiger charge is 2.22. The molecule has 1 atom stereocenters. The highest BCUT2D eigenvalue weighted by molar-refractivity contribution is 6.31. The van der Waals surface area contributed by atoms with Gasteiger partial charge in [-0.2, -0.15) is 0 Å². The van der Waals surface area contributed by atoms with E-state index in [0.29, 0.717) is 21.9 Å². The predicted molar refractivity (Wildman–Crippen MR) is 96.0 cm³/mol. The smallest absolute Gasteiger partial charge is 0.307 e. The summed E-state index contributed by atoms with van der Waals surface area (Å²) in [5.41, 5.74) is 2.02. The predicted octanol–water partition coefficient (Wildman–Crippen LogP) is 3.69. The fraction of sp³-hybridized carbons (Fsp3) is 0.263. The summed E-state index contributed by atoms with van der Waals surface area (Å²) in [7, 11) is 2.85. The quantitative estimate of drug-likeness (QED) is 0.797. The molecule has 0 aliphatic heterocycles. The summed E-state index contributed by atoms with van der Waals surface area (Å²) in [4.78, 5) is 24.4. The molecule has 1 N–H and O–H groups in total. The van der Waals surface area contributed by atoms with E-state index in [1.807, 2.05) is 6.92 Å². The third-order valence-electron chi connectivity index (χ3n) is 3.85. The summed E-state index contributed by atoms with van der Waals surface area (Å²) in [5, 5.41) is 3.32. The van der Waals surface area contributed by atoms with Crippen LogP contribution in [0.3, 0.4) is 0 Å². The summed E-state index contributed by atoms with van der Waals surface area (Å²) >= 11 is 6.22. The molecule has 0 aromatic heterocycles. The van der Waals surface area contributed by atoms with Gasteiger partial charge in [-0.15, -0.1) is 0 Å². The van der Waals surface area contributed by atoms with Crippen molar-refractivity contribution in [3.05, 3.63) is 64.2 Å². The first-order chi connectivity index (χ1) is 12.0. The molecule has 0 saturated heterocycles. The van der Waals surface area contributed by atoms with Gasteiger partial charge < -0.3 is 14.8 Å². The number of rotatable bonds is 6. The minimum absolute atomic E-state index is 0.0189. The molecule has 0 aliphatic carbocycles. The van der Waals surface area contributed by atoms with Crippen LogP contribution in [0.15, 0.2) is 42.5 Å². The van der Waals surface area contributed by atoms with Crippen molar-refractivity contribution >= 4 is 23.5 Å². The Morgan fingerprint density at radius 2 is 1.88 bits per heavy atom. The Kier molecular flexibility index (Phi) is 6.42. The van der Waals surface area contributed by atoms with Crippen LogP contribution in [-0.4, -0.2) is 26.1 Å². The van der Waals surface area contributed by atoms with Crippen LogP contribution in [0.2, 0.25) is 5.02 Å². The molecular weight excluding hydrogens is 342 g/mol. The third-order valence-corrected chi connectivity index (χ3v) is 4.20. The van der Waals surface area contributed by atoms with Gasteiger partial charge >= 0.3 is 5.97 Å². The van der Waals surface area contributed by atoms with Gasteiger partial charge in [0.25, 0.3) is 5.91 Å². The second kappa shape index (κ2) is 8.53. The molecule has 2 aromatic rings. The van der Waals surface area contributed by atoms with Gasteiger partial charge in [-0.05, 0) is 36.2 Å². The van der Waals surface area contributed by atoms with Crippen molar-refractivity contribution in [2.24, 2.45) is 0 Å². The number of ether oxygens (including phenoxy) is 2. The van der Waals surface area contributed by atoms with Crippen molar-refractivity contribution in [1.29, 1.82) is 0 Å². The van der Waals surface area contributed by atoms with Crippen molar-refractivity contribution in [2.75, 3.05) is 14.2 Å². The van der Waals surface area contributed by atoms with Gasteiger partial charge in [-0.3, -0.25) is 9.59 Å². The van der Waals surface area contributed by atoms with Crippen LogP contribution in [-0.2, 0) is 9.53 Å². The molecule has 1 unspecified atom stereocenters. The van der Waals surface area contributed by atoms with Crippen molar-refractivity contribution in [2.45, 2.75) is 19.4 Å². The zero-order chi connectivity index (χ0) is 18.4. The number of halogens is 1. The molecule has 0 bridgehead atoms. The van der Waals surface area contributed by atoms with Crippen molar-refractivity contribution in [3.8, 4) is 5.75 Å². The second-order valence-electron chi connectivity index (χ2n) is 5.51. The summed E-state index contributed by atoms with van der Waals surface area (Å²) in [5.74, 6) is -0.145. The lowest BCUT2D eigenvalue weighted by molar-refractivity contribution is -0.141. The van der Waals surface area contributed by atoms with Crippen LogP contribution in [0.25, 0.3) is 0 Å². The van der Waals surface area contributed by atoms with Crippen LogP contribution < -0.4 is 10.1 Å². The average Bonchev–Trinajstić information content (AvgIpc) is 2.61. The normalized spacial score (nSPS) is 11.5. The van der Waals surface area contributed by atoms with E-state index < -0.39 is 12.0 Å². The maximum atomic E-state index is 12.6. The highest BCUT2D eigenvalue weighted by Crippen LogP contribution is 2.26. The summed E-state index contributed by atoms with van der Waals surface area (Å²) < 4.78 is 9.98. The van der Waals surface area contributed by atoms with Gasteiger partial charge in [-0.1, -0.05) is 35.9 Å². The summed E-state index contributed by atoms with van der Waals surface area (Å²) in [6.07, 6.45) is -0.0189. The fourth-order valence-electron chi connectivity index (χ4n) is 2.45. The number of esters is 1. The van der Waals surface area contributed by atoms with E-state index in [4.69, 9.17) is 21.1 Å². The van der Waals surface area contributed by atoms with Gasteiger partial charge in [0.2, 0.25) is 0 Å². The van der Waals surface area contributed by atoms with Gasteiger partial charge in [-0.25, -0.2) is 0 Å². The molecule has 0 spiro atoms. The molecule has 2 rings (SSSR count). The third kappa shape index (κ3) is 4.73. The second-order valence-corrected chi connectivity index (χ2v) is 5.92. The number of carbonyl (C=O) groups is 2. The van der Waals surface area contributed by atoms with E-state index in [9.17, 15) is 9.59 Å². The van der Waals surface area contributed by atoms with Crippen molar-refractivity contribution < 1.29 is 19.1 Å². The summed E-state index contributed by atoms with van der Waals surface area (Å²) in [6, 6.07) is 11.6. The Labute approximate surface area is 151 Å². The number of methoxy groups -OCH3 is 2. The Morgan fingerprint density at radius 3 is 2.52 bits per heavy atom. The maximum absolute atomic E-state index is 12.6. The molecule has 0 saturated carbocycles. The summed E-state index contributed by atoms with van der Waals surface area (Å²) in [6.45, 7) is 1.89. The molecule has 0 heterocycles. The van der Waals surface area contributed by atoms with Crippen LogP contribution in [0.4, 0.5) is 0 Å². The molecule has 0 aliphatic rings. The number of amides is 1. The van der Waals surface area contributed by atoms with Gasteiger partial charge in [0.05, 0.1) is 26.7 Å². The number of aryl methyl sites for hydroxylation is 1. The minimum Gasteiger partial charge on any atom is -0.496 e. The molecule has 2 aromatic carbocycles.